The van der Waals surface area contributed by atoms with Gasteiger partial charge >= 0.3 is 0 Å². The van der Waals surface area contributed by atoms with Crippen molar-refractivity contribution in [2.75, 3.05) is 26.2 Å². The van der Waals surface area contributed by atoms with E-state index in [-0.39, 0.29) is 12.5 Å². The summed E-state index contributed by atoms with van der Waals surface area (Å²) in [5.41, 5.74) is 2.58. The van der Waals surface area contributed by atoms with Gasteiger partial charge in [0.15, 0.2) is 6.61 Å². The van der Waals surface area contributed by atoms with Gasteiger partial charge in [0, 0.05) is 19.1 Å². The minimum Gasteiger partial charge on any atom is -0.483 e. The number of rotatable bonds is 7. The fourth-order valence-corrected chi connectivity index (χ4v) is 3.02. The Morgan fingerprint density at radius 3 is 2.76 bits per heavy atom. The van der Waals surface area contributed by atoms with Gasteiger partial charge in [0.05, 0.1) is 0 Å². The number of amides is 1. The summed E-state index contributed by atoms with van der Waals surface area (Å²) < 4.78 is 5.80. The number of fused-ring (bicyclic) bond motifs is 1. The molecule has 0 aromatic heterocycles. The molecule has 1 N–H and O–H groups in total. The van der Waals surface area contributed by atoms with Crippen molar-refractivity contribution >= 4 is 5.91 Å². The number of carbonyl (C=O) groups excluding carboxylic acids is 1. The van der Waals surface area contributed by atoms with Crippen molar-refractivity contribution in [1.82, 2.24) is 10.2 Å². The SMILES string of the molecule is CCNC1CCc2c(OCC(=O)N(CC)CC)cccc21. The number of ether oxygens (including phenoxy) is 1. The van der Waals surface area contributed by atoms with Crippen molar-refractivity contribution in [2.24, 2.45) is 0 Å². The molecule has 1 unspecified atom stereocenters. The molecule has 1 aliphatic rings. The monoisotopic (exact) mass is 290 g/mol. The van der Waals surface area contributed by atoms with E-state index in [1.807, 2.05) is 26.0 Å². The lowest BCUT2D eigenvalue weighted by molar-refractivity contribution is -0.132. The van der Waals surface area contributed by atoms with E-state index in [1.54, 1.807) is 4.90 Å². The molecule has 0 saturated carbocycles. The van der Waals surface area contributed by atoms with Crippen molar-refractivity contribution < 1.29 is 9.53 Å². The summed E-state index contributed by atoms with van der Waals surface area (Å²) in [6.45, 7) is 8.66. The first-order valence-electron chi connectivity index (χ1n) is 7.96. The summed E-state index contributed by atoms with van der Waals surface area (Å²) in [6.07, 6.45) is 2.12. The van der Waals surface area contributed by atoms with Gasteiger partial charge < -0.3 is 15.0 Å². The van der Waals surface area contributed by atoms with E-state index in [9.17, 15) is 4.79 Å². The van der Waals surface area contributed by atoms with Gasteiger partial charge in [-0.1, -0.05) is 19.1 Å². The van der Waals surface area contributed by atoms with E-state index in [0.29, 0.717) is 6.04 Å². The standard InChI is InChI=1S/C17H26N2O2/c1-4-18-15-11-10-14-13(15)8-7-9-16(14)21-12-17(20)19(5-2)6-3/h7-9,15,18H,4-6,10-12H2,1-3H3. The van der Waals surface area contributed by atoms with E-state index in [4.69, 9.17) is 4.74 Å². The van der Waals surface area contributed by atoms with E-state index >= 15 is 0 Å². The molecular formula is C17H26N2O2. The molecule has 0 fully saturated rings. The summed E-state index contributed by atoms with van der Waals surface area (Å²) >= 11 is 0. The van der Waals surface area contributed by atoms with E-state index in [1.165, 1.54) is 11.1 Å². The first-order valence-corrected chi connectivity index (χ1v) is 7.96. The van der Waals surface area contributed by atoms with Crippen LogP contribution in [-0.4, -0.2) is 37.0 Å². The second-order valence-electron chi connectivity index (χ2n) is 5.33. The molecule has 116 valence electrons. The fraction of sp³-hybridized carbons (Fsp3) is 0.588. The predicted octanol–water partition coefficient (Wildman–Crippen LogP) is 2.53. The van der Waals surface area contributed by atoms with Crippen LogP contribution in [0.15, 0.2) is 18.2 Å². The van der Waals surface area contributed by atoms with Crippen molar-refractivity contribution in [3.8, 4) is 5.75 Å². The zero-order valence-corrected chi connectivity index (χ0v) is 13.3. The molecule has 0 heterocycles. The number of carbonyl (C=O) groups is 1. The molecule has 2 rings (SSSR count). The zero-order valence-electron chi connectivity index (χ0n) is 13.3. The lowest BCUT2D eigenvalue weighted by Crippen LogP contribution is -2.34. The largest absolute Gasteiger partial charge is 0.483 e. The summed E-state index contributed by atoms with van der Waals surface area (Å²) in [6, 6.07) is 6.58. The maximum absolute atomic E-state index is 12.0. The molecule has 0 spiro atoms. The highest BCUT2D eigenvalue weighted by molar-refractivity contribution is 5.77. The van der Waals surface area contributed by atoms with Crippen molar-refractivity contribution in [1.29, 1.82) is 0 Å². The second kappa shape index (κ2) is 7.46. The van der Waals surface area contributed by atoms with Crippen LogP contribution >= 0.6 is 0 Å². The Morgan fingerprint density at radius 1 is 1.33 bits per heavy atom. The first-order chi connectivity index (χ1) is 10.2. The Bertz CT molecular complexity index is 484. The van der Waals surface area contributed by atoms with Crippen LogP contribution in [-0.2, 0) is 11.2 Å². The molecule has 1 aromatic carbocycles. The average molecular weight is 290 g/mol. The van der Waals surface area contributed by atoms with Crippen LogP contribution in [0.5, 0.6) is 5.75 Å². The number of hydrogen-bond acceptors (Lipinski definition) is 3. The molecule has 21 heavy (non-hydrogen) atoms. The molecule has 1 aliphatic carbocycles. The third-order valence-electron chi connectivity index (χ3n) is 4.15. The quantitative estimate of drug-likeness (QED) is 0.839. The molecule has 0 aliphatic heterocycles. The van der Waals surface area contributed by atoms with Crippen LogP contribution in [0.1, 0.15) is 44.4 Å². The summed E-state index contributed by atoms with van der Waals surface area (Å²) in [4.78, 5) is 13.8. The summed E-state index contributed by atoms with van der Waals surface area (Å²) in [7, 11) is 0. The molecule has 1 atom stereocenters. The molecule has 4 nitrogen and oxygen atoms in total. The maximum Gasteiger partial charge on any atom is 0.260 e. The number of nitrogens with one attached hydrogen (secondary N) is 1. The van der Waals surface area contributed by atoms with E-state index < -0.39 is 0 Å². The predicted molar refractivity (Wildman–Crippen MR) is 84.6 cm³/mol. The number of likely N-dealkylation sites (N-methyl/N-ethyl adjacent to an activating group) is 1. The third-order valence-corrected chi connectivity index (χ3v) is 4.15. The first kappa shape index (κ1) is 15.8. The summed E-state index contributed by atoms with van der Waals surface area (Å²) in [5.74, 6) is 0.923. The Labute approximate surface area is 127 Å². The Hall–Kier alpha value is -1.55. The van der Waals surface area contributed by atoms with Gasteiger partial charge in [-0.2, -0.15) is 0 Å². The second-order valence-corrected chi connectivity index (χ2v) is 5.33. The molecule has 1 aromatic rings. The van der Waals surface area contributed by atoms with Crippen molar-refractivity contribution in [3.63, 3.8) is 0 Å². The number of nitrogens with zero attached hydrogens (tertiary/aromatic N) is 1. The molecule has 4 heteroatoms. The molecule has 0 radical (unpaired) electrons. The highest BCUT2D eigenvalue weighted by Crippen LogP contribution is 2.36. The van der Waals surface area contributed by atoms with Gasteiger partial charge in [0.1, 0.15) is 5.75 Å². The Morgan fingerprint density at radius 2 is 2.10 bits per heavy atom. The van der Waals surface area contributed by atoms with Gasteiger partial charge in [-0.05, 0) is 50.4 Å². The third kappa shape index (κ3) is 3.56. The smallest absolute Gasteiger partial charge is 0.260 e. The topological polar surface area (TPSA) is 41.6 Å². The maximum atomic E-state index is 12.0. The lowest BCUT2D eigenvalue weighted by Gasteiger charge is -2.19. The van der Waals surface area contributed by atoms with Crippen molar-refractivity contribution in [2.45, 2.75) is 39.7 Å². The highest BCUT2D eigenvalue weighted by Gasteiger charge is 2.24. The van der Waals surface area contributed by atoms with Crippen LogP contribution in [0.4, 0.5) is 0 Å². The van der Waals surface area contributed by atoms with Gasteiger partial charge in [-0.3, -0.25) is 4.79 Å². The van der Waals surface area contributed by atoms with Crippen LogP contribution in [0.3, 0.4) is 0 Å². The van der Waals surface area contributed by atoms with Gasteiger partial charge in [-0.25, -0.2) is 0 Å². The zero-order chi connectivity index (χ0) is 15.2. The average Bonchev–Trinajstić information content (AvgIpc) is 2.91. The van der Waals surface area contributed by atoms with Crippen LogP contribution in [0, 0.1) is 0 Å². The van der Waals surface area contributed by atoms with E-state index in [0.717, 1.165) is 38.2 Å². The van der Waals surface area contributed by atoms with Crippen LogP contribution in [0.2, 0.25) is 0 Å². The molecule has 0 saturated heterocycles. The fourth-order valence-electron chi connectivity index (χ4n) is 3.02. The Balaban J connectivity index is 2.04. The molecular weight excluding hydrogens is 264 g/mol. The minimum atomic E-state index is 0.0545. The lowest BCUT2D eigenvalue weighted by atomic mass is 10.1. The summed E-state index contributed by atoms with van der Waals surface area (Å²) in [5, 5.41) is 3.50. The van der Waals surface area contributed by atoms with E-state index in [2.05, 4.69) is 18.3 Å². The van der Waals surface area contributed by atoms with Gasteiger partial charge in [-0.15, -0.1) is 0 Å². The van der Waals surface area contributed by atoms with Gasteiger partial charge in [0.25, 0.3) is 5.91 Å². The number of hydrogen-bond donors (Lipinski definition) is 1. The highest BCUT2D eigenvalue weighted by atomic mass is 16.5. The normalized spacial score (nSPS) is 16.6. The van der Waals surface area contributed by atoms with Crippen molar-refractivity contribution in [3.05, 3.63) is 29.3 Å². The molecule has 1 amide bonds. The van der Waals surface area contributed by atoms with Crippen LogP contribution < -0.4 is 10.1 Å². The minimum absolute atomic E-state index is 0.0545. The molecule has 0 bridgehead atoms. The Kier molecular flexibility index (Phi) is 5.62. The number of benzene rings is 1. The van der Waals surface area contributed by atoms with Gasteiger partial charge in [0.2, 0.25) is 0 Å². The van der Waals surface area contributed by atoms with Crippen LogP contribution in [0.25, 0.3) is 0 Å².